The van der Waals surface area contributed by atoms with Gasteiger partial charge >= 0.3 is 5.97 Å². The number of hydrogen-bond donors (Lipinski definition) is 2. The zero-order valence-corrected chi connectivity index (χ0v) is 12.0. The highest BCUT2D eigenvalue weighted by atomic mass is 16.4. The van der Waals surface area contributed by atoms with Crippen LogP contribution in [0.4, 0.5) is 0 Å². The molecule has 1 aliphatic carbocycles. The number of carbonyl (C=O) groups excluding carboxylic acids is 1. The van der Waals surface area contributed by atoms with Crippen LogP contribution in [0.25, 0.3) is 11.1 Å². The maximum absolute atomic E-state index is 12.4. The van der Waals surface area contributed by atoms with Crippen LogP contribution in [0.1, 0.15) is 29.6 Å². The molecule has 0 spiro atoms. The first kappa shape index (κ1) is 14.4. The lowest BCUT2D eigenvalue weighted by molar-refractivity contribution is -0.142. The van der Waals surface area contributed by atoms with Gasteiger partial charge in [-0.25, -0.2) is 0 Å². The second-order valence-corrected chi connectivity index (χ2v) is 5.55. The Hall–Kier alpha value is -2.56. The summed E-state index contributed by atoms with van der Waals surface area (Å²) in [5.41, 5.74) is 2.32. The summed E-state index contributed by atoms with van der Waals surface area (Å²) in [5, 5.41) is 12.0. The molecule has 3 rings (SSSR count). The predicted octanol–water partition coefficient (Wildman–Crippen LogP) is 2.93. The van der Waals surface area contributed by atoms with Gasteiger partial charge in [0.25, 0.3) is 5.91 Å². The molecule has 114 valence electrons. The molecule has 0 unspecified atom stereocenters. The van der Waals surface area contributed by atoms with Crippen molar-refractivity contribution in [2.24, 2.45) is 5.92 Å². The van der Waals surface area contributed by atoms with Crippen LogP contribution < -0.4 is 5.32 Å². The zero-order chi connectivity index (χ0) is 15.5. The fraction of sp³-hybridized carbons (Fsp3) is 0.294. The van der Waals surface area contributed by atoms with Gasteiger partial charge < -0.3 is 14.8 Å². The molecule has 2 aromatic rings. The van der Waals surface area contributed by atoms with Crippen LogP contribution in [0.5, 0.6) is 0 Å². The summed E-state index contributed by atoms with van der Waals surface area (Å²) in [6.07, 6.45) is 5.36. The molecule has 0 aliphatic heterocycles. The third-order valence-electron chi connectivity index (χ3n) is 4.13. The van der Waals surface area contributed by atoms with Crippen molar-refractivity contribution in [3.05, 3.63) is 48.4 Å². The molecule has 2 N–H and O–H groups in total. The van der Waals surface area contributed by atoms with Crippen LogP contribution in [-0.4, -0.2) is 23.0 Å². The van der Waals surface area contributed by atoms with E-state index < -0.39 is 11.9 Å². The van der Waals surface area contributed by atoms with Gasteiger partial charge in [-0.2, -0.15) is 0 Å². The summed E-state index contributed by atoms with van der Waals surface area (Å²) < 4.78 is 5.05. The molecule has 5 heteroatoms. The Kier molecular flexibility index (Phi) is 3.96. The maximum Gasteiger partial charge on any atom is 0.308 e. The van der Waals surface area contributed by atoms with E-state index in [1.165, 1.54) is 0 Å². The minimum Gasteiger partial charge on any atom is -0.481 e. The van der Waals surface area contributed by atoms with E-state index in [-0.39, 0.29) is 11.9 Å². The highest BCUT2D eigenvalue weighted by Crippen LogP contribution is 2.26. The van der Waals surface area contributed by atoms with Crippen molar-refractivity contribution in [3.8, 4) is 11.1 Å². The number of rotatable bonds is 4. The summed E-state index contributed by atoms with van der Waals surface area (Å²) in [6.45, 7) is 0. The van der Waals surface area contributed by atoms with Gasteiger partial charge in [0.2, 0.25) is 0 Å². The standard InChI is InChI=1S/C17H17NO4/c19-16(18-15-6-2-5-14(15)17(20)21)12-4-1-3-11(9-12)13-7-8-22-10-13/h1,3-4,7-10,14-15H,2,5-6H2,(H,18,19)(H,20,21)/t14-,15+/m1/s1. The molecular weight excluding hydrogens is 282 g/mol. The molecule has 0 bridgehead atoms. The number of benzene rings is 1. The quantitative estimate of drug-likeness (QED) is 0.909. The van der Waals surface area contributed by atoms with Crippen molar-refractivity contribution in [1.29, 1.82) is 0 Å². The summed E-state index contributed by atoms with van der Waals surface area (Å²) >= 11 is 0. The highest BCUT2D eigenvalue weighted by Gasteiger charge is 2.33. The number of carboxylic acid groups (broad SMARTS) is 1. The lowest BCUT2D eigenvalue weighted by Gasteiger charge is -2.17. The Bertz CT molecular complexity index is 678. The van der Waals surface area contributed by atoms with E-state index in [4.69, 9.17) is 4.42 Å². The Morgan fingerprint density at radius 3 is 2.77 bits per heavy atom. The smallest absolute Gasteiger partial charge is 0.308 e. The molecule has 0 saturated heterocycles. The van der Waals surface area contributed by atoms with E-state index in [1.54, 1.807) is 30.7 Å². The van der Waals surface area contributed by atoms with Gasteiger partial charge in [-0.15, -0.1) is 0 Å². The average molecular weight is 299 g/mol. The third kappa shape index (κ3) is 2.88. The minimum atomic E-state index is -0.838. The summed E-state index contributed by atoms with van der Waals surface area (Å²) in [5.74, 6) is -1.56. The van der Waals surface area contributed by atoms with Crippen molar-refractivity contribution in [3.63, 3.8) is 0 Å². The van der Waals surface area contributed by atoms with Gasteiger partial charge in [-0.05, 0) is 36.6 Å². The third-order valence-corrected chi connectivity index (χ3v) is 4.13. The second kappa shape index (κ2) is 6.05. The molecule has 1 fully saturated rings. The SMILES string of the molecule is O=C(N[C@H]1CCC[C@H]1C(=O)O)c1cccc(-c2ccoc2)c1. The Labute approximate surface area is 127 Å². The highest BCUT2D eigenvalue weighted by molar-refractivity contribution is 5.96. The molecule has 1 saturated carbocycles. The second-order valence-electron chi connectivity index (χ2n) is 5.55. The van der Waals surface area contributed by atoms with Gasteiger partial charge in [0.05, 0.1) is 18.4 Å². The number of aliphatic carboxylic acids is 1. The molecule has 1 aromatic carbocycles. The molecule has 1 heterocycles. The van der Waals surface area contributed by atoms with E-state index in [2.05, 4.69) is 5.32 Å². The van der Waals surface area contributed by atoms with Crippen LogP contribution in [0.2, 0.25) is 0 Å². The number of hydrogen-bond acceptors (Lipinski definition) is 3. The van der Waals surface area contributed by atoms with Crippen molar-refractivity contribution in [2.75, 3.05) is 0 Å². The van der Waals surface area contributed by atoms with E-state index >= 15 is 0 Å². The molecule has 2 atom stereocenters. The first-order valence-electron chi connectivity index (χ1n) is 7.31. The van der Waals surface area contributed by atoms with Gasteiger partial charge in [0.15, 0.2) is 0 Å². The fourth-order valence-electron chi connectivity index (χ4n) is 2.95. The van der Waals surface area contributed by atoms with E-state index in [1.807, 2.05) is 12.1 Å². The van der Waals surface area contributed by atoms with E-state index in [0.717, 1.165) is 17.5 Å². The lowest BCUT2D eigenvalue weighted by atomic mass is 10.0. The van der Waals surface area contributed by atoms with Crippen LogP contribution in [-0.2, 0) is 4.79 Å². The predicted molar refractivity (Wildman–Crippen MR) is 80.4 cm³/mol. The normalized spacial score (nSPS) is 20.7. The summed E-state index contributed by atoms with van der Waals surface area (Å²) in [6, 6.07) is 8.75. The number of carboxylic acids is 1. The van der Waals surface area contributed by atoms with Gasteiger partial charge in [-0.1, -0.05) is 18.6 Å². The largest absolute Gasteiger partial charge is 0.481 e. The van der Waals surface area contributed by atoms with Gasteiger partial charge in [0.1, 0.15) is 0 Å². The molecule has 0 radical (unpaired) electrons. The summed E-state index contributed by atoms with van der Waals surface area (Å²) in [4.78, 5) is 23.5. The van der Waals surface area contributed by atoms with Crippen LogP contribution in [0.3, 0.4) is 0 Å². The zero-order valence-electron chi connectivity index (χ0n) is 12.0. The van der Waals surface area contributed by atoms with E-state index in [0.29, 0.717) is 18.4 Å². The van der Waals surface area contributed by atoms with Crippen molar-refractivity contribution in [2.45, 2.75) is 25.3 Å². The summed E-state index contributed by atoms with van der Waals surface area (Å²) in [7, 11) is 0. The first-order valence-corrected chi connectivity index (χ1v) is 7.31. The van der Waals surface area contributed by atoms with Crippen LogP contribution >= 0.6 is 0 Å². The fourth-order valence-corrected chi connectivity index (χ4v) is 2.95. The van der Waals surface area contributed by atoms with Crippen molar-refractivity contribution in [1.82, 2.24) is 5.32 Å². The number of nitrogens with one attached hydrogen (secondary N) is 1. The monoisotopic (exact) mass is 299 g/mol. The van der Waals surface area contributed by atoms with Crippen molar-refractivity contribution >= 4 is 11.9 Å². The molecule has 1 amide bonds. The Morgan fingerprint density at radius 2 is 2.05 bits per heavy atom. The van der Waals surface area contributed by atoms with Gasteiger partial charge in [-0.3, -0.25) is 9.59 Å². The molecule has 22 heavy (non-hydrogen) atoms. The first-order chi connectivity index (χ1) is 10.6. The van der Waals surface area contributed by atoms with Crippen LogP contribution in [0.15, 0.2) is 47.3 Å². The molecule has 5 nitrogen and oxygen atoms in total. The maximum atomic E-state index is 12.4. The Balaban J connectivity index is 1.75. The van der Waals surface area contributed by atoms with Crippen molar-refractivity contribution < 1.29 is 19.1 Å². The number of furan rings is 1. The molecule has 1 aromatic heterocycles. The van der Waals surface area contributed by atoms with E-state index in [9.17, 15) is 14.7 Å². The minimum absolute atomic E-state index is 0.233. The topological polar surface area (TPSA) is 79.5 Å². The van der Waals surface area contributed by atoms with Crippen LogP contribution in [0, 0.1) is 5.92 Å². The Morgan fingerprint density at radius 1 is 1.18 bits per heavy atom. The van der Waals surface area contributed by atoms with Gasteiger partial charge in [0, 0.05) is 17.2 Å². The number of carbonyl (C=O) groups is 2. The average Bonchev–Trinajstić information content (AvgIpc) is 3.18. The lowest BCUT2D eigenvalue weighted by Crippen LogP contribution is -2.40. The number of amides is 1. The molecular formula is C17H17NO4. The molecule has 1 aliphatic rings.